The van der Waals surface area contributed by atoms with Gasteiger partial charge < -0.3 is 4.42 Å². The van der Waals surface area contributed by atoms with Crippen LogP contribution in [0.2, 0.25) is 0 Å². The molecule has 3 rings (SSSR count). The second kappa shape index (κ2) is 5.46. The minimum atomic E-state index is 0.387. The van der Waals surface area contributed by atoms with E-state index in [1.807, 2.05) is 36.4 Å². The highest BCUT2D eigenvalue weighted by Gasteiger charge is 2.16. The molecule has 0 spiro atoms. The van der Waals surface area contributed by atoms with E-state index in [2.05, 4.69) is 32.0 Å². The quantitative estimate of drug-likeness (QED) is 0.634. The van der Waals surface area contributed by atoms with Crippen molar-refractivity contribution in [2.75, 3.05) is 0 Å². The van der Waals surface area contributed by atoms with Crippen LogP contribution < -0.4 is 0 Å². The van der Waals surface area contributed by atoms with Crippen molar-refractivity contribution in [1.29, 1.82) is 5.26 Å². The van der Waals surface area contributed by atoms with Gasteiger partial charge in [-0.2, -0.15) is 5.26 Å². The summed E-state index contributed by atoms with van der Waals surface area (Å²) in [6.07, 6.45) is 1.09. The molecular weight excluding hydrogens is 258 g/mol. The molecule has 0 saturated heterocycles. The molecule has 1 heterocycles. The number of fused-ring (bicyclic) bond motifs is 1. The van der Waals surface area contributed by atoms with Crippen LogP contribution in [0.1, 0.15) is 37.5 Å². The standard InChI is InChI=1S/C19H17NO/c1-3-13(2)15-9-10-17-16(11-15)19(18(12-20)21-17)14-7-5-4-6-8-14/h4-11,13H,3H2,1-2H3. The van der Waals surface area contributed by atoms with E-state index in [1.165, 1.54) is 5.56 Å². The molecule has 0 aliphatic rings. The SMILES string of the molecule is CCC(C)c1ccc2oc(C#N)c(-c3ccccc3)c2c1. The highest BCUT2D eigenvalue weighted by Crippen LogP contribution is 2.36. The van der Waals surface area contributed by atoms with Crippen LogP contribution in [0.3, 0.4) is 0 Å². The molecule has 0 radical (unpaired) electrons. The van der Waals surface area contributed by atoms with E-state index in [9.17, 15) is 5.26 Å². The van der Waals surface area contributed by atoms with E-state index in [0.29, 0.717) is 11.7 Å². The van der Waals surface area contributed by atoms with Gasteiger partial charge in [0.25, 0.3) is 0 Å². The van der Waals surface area contributed by atoms with E-state index < -0.39 is 0 Å². The Morgan fingerprint density at radius 2 is 1.90 bits per heavy atom. The predicted octanol–water partition coefficient (Wildman–Crippen LogP) is 5.48. The Balaban J connectivity index is 2.28. The minimum Gasteiger partial charge on any atom is -0.445 e. The van der Waals surface area contributed by atoms with Crippen molar-refractivity contribution in [3.8, 4) is 17.2 Å². The lowest BCUT2D eigenvalue weighted by molar-refractivity contribution is 0.600. The van der Waals surface area contributed by atoms with Gasteiger partial charge in [0.15, 0.2) is 0 Å². The first-order valence-corrected chi connectivity index (χ1v) is 7.26. The molecule has 0 amide bonds. The van der Waals surface area contributed by atoms with Gasteiger partial charge in [0.1, 0.15) is 11.7 Å². The first-order chi connectivity index (χ1) is 10.2. The molecule has 1 aromatic heterocycles. The Hall–Kier alpha value is -2.53. The summed E-state index contributed by atoms with van der Waals surface area (Å²) in [5.74, 6) is 0.885. The molecule has 2 aromatic carbocycles. The second-order valence-electron chi connectivity index (χ2n) is 5.35. The summed E-state index contributed by atoms with van der Waals surface area (Å²) < 4.78 is 5.71. The molecule has 1 atom stereocenters. The fraction of sp³-hybridized carbons (Fsp3) is 0.211. The zero-order valence-electron chi connectivity index (χ0n) is 12.3. The Kier molecular flexibility index (Phi) is 3.50. The van der Waals surface area contributed by atoms with Crippen LogP contribution in [0.4, 0.5) is 0 Å². The Morgan fingerprint density at radius 3 is 2.57 bits per heavy atom. The van der Waals surface area contributed by atoms with Crippen LogP contribution in [0.5, 0.6) is 0 Å². The van der Waals surface area contributed by atoms with Crippen LogP contribution in [0, 0.1) is 11.3 Å². The van der Waals surface area contributed by atoms with Gasteiger partial charge in [-0.3, -0.25) is 0 Å². The Labute approximate surface area is 124 Å². The summed E-state index contributed by atoms with van der Waals surface area (Å²) in [7, 11) is 0. The first-order valence-electron chi connectivity index (χ1n) is 7.26. The van der Waals surface area contributed by atoms with Crippen molar-refractivity contribution in [3.05, 3.63) is 59.9 Å². The van der Waals surface area contributed by atoms with Gasteiger partial charge in [0.2, 0.25) is 5.76 Å². The van der Waals surface area contributed by atoms with Crippen LogP contribution in [0.15, 0.2) is 52.9 Å². The maximum absolute atomic E-state index is 9.36. The molecule has 0 bridgehead atoms. The third-order valence-electron chi connectivity index (χ3n) is 4.06. The number of rotatable bonds is 3. The van der Waals surface area contributed by atoms with Crippen LogP contribution >= 0.6 is 0 Å². The van der Waals surface area contributed by atoms with E-state index in [-0.39, 0.29) is 0 Å². The summed E-state index contributed by atoms with van der Waals surface area (Å²) in [4.78, 5) is 0. The predicted molar refractivity (Wildman–Crippen MR) is 85.1 cm³/mol. The van der Waals surface area contributed by atoms with Gasteiger partial charge in [-0.25, -0.2) is 0 Å². The number of furan rings is 1. The molecule has 0 fully saturated rings. The van der Waals surface area contributed by atoms with Crippen molar-refractivity contribution >= 4 is 11.0 Å². The van der Waals surface area contributed by atoms with Crippen LogP contribution in [-0.4, -0.2) is 0 Å². The third kappa shape index (κ3) is 2.32. The minimum absolute atomic E-state index is 0.387. The van der Waals surface area contributed by atoms with Gasteiger partial charge in [0.05, 0.1) is 0 Å². The van der Waals surface area contributed by atoms with Gasteiger partial charge in [0, 0.05) is 10.9 Å². The normalized spacial score (nSPS) is 12.2. The highest BCUT2D eigenvalue weighted by atomic mass is 16.3. The molecule has 2 heteroatoms. The molecule has 0 aliphatic carbocycles. The van der Waals surface area contributed by atoms with Crippen molar-refractivity contribution in [2.24, 2.45) is 0 Å². The number of hydrogen-bond acceptors (Lipinski definition) is 2. The average Bonchev–Trinajstić information content (AvgIpc) is 2.92. The average molecular weight is 275 g/mol. The lowest BCUT2D eigenvalue weighted by atomic mass is 9.95. The molecule has 0 saturated carbocycles. The number of nitrogens with zero attached hydrogens (tertiary/aromatic N) is 1. The molecule has 3 aromatic rings. The monoisotopic (exact) mass is 275 g/mol. The zero-order chi connectivity index (χ0) is 14.8. The Morgan fingerprint density at radius 1 is 1.14 bits per heavy atom. The van der Waals surface area contributed by atoms with E-state index >= 15 is 0 Å². The summed E-state index contributed by atoms with van der Waals surface area (Å²) in [5, 5.41) is 10.4. The van der Waals surface area contributed by atoms with Crippen LogP contribution in [0.25, 0.3) is 22.1 Å². The van der Waals surface area contributed by atoms with Gasteiger partial charge >= 0.3 is 0 Å². The molecule has 2 nitrogen and oxygen atoms in total. The van der Waals surface area contributed by atoms with Crippen molar-refractivity contribution in [3.63, 3.8) is 0 Å². The second-order valence-corrected chi connectivity index (χ2v) is 5.35. The van der Waals surface area contributed by atoms with Crippen molar-refractivity contribution in [2.45, 2.75) is 26.2 Å². The molecule has 21 heavy (non-hydrogen) atoms. The topological polar surface area (TPSA) is 36.9 Å². The summed E-state index contributed by atoms with van der Waals surface area (Å²) >= 11 is 0. The molecule has 0 aliphatic heterocycles. The van der Waals surface area contributed by atoms with Crippen molar-refractivity contribution in [1.82, 2.24) is 0 Å². The van der Waals surface area contributed by atoms with E-state index in [0.717, 1.165) is 28.5 Å². The molecule has 1 unspecified atom stereocenters. The van der Waals surface area contributed by atoms with E-state index in [4.69, 9.17) is 4.42 Å². The number of nitriles is 1. The number of benzene rings is 2. The largest absolute Gasteiger partial charge is 0.445 e. The summed E-state index contributed by atoms with van der Waals surface area (Å²) in [6.45, 7) is 4.40. The Bertz CT molecular complexity index is 809. The smallest absolute Gasteiger partial charge is 0.212 e. The van der Waals surface area contributed by atoms with Gasteiger partial charge in [-0.15, -0.1) is 0 Å². The fourth-order valence-electron chi connectivity index (χ4n) is 2.63. The summed E-state index contributed by atoms with van der Waals surface area (Å²) in [5.41, 5.74) is 3.98. The highest BCUT2D eigenvalue weighted by molar-refractivity contribution is 5.97. The lowest BCUT2D eigenvalue weighted by Gasteiger charge is -2.08. The van der Waals surface area contributed by atoms with E-state index in [1.54, 1.807) is 0 Å². The summed E-state index contributed by atoms with van der Waals surface area (Å²) in [6, 6.07) is 18.4. The molecular formula is C19H17NO. The van der Waals surface area contributed by atoms with Crippen LogP contribution in [-0.2, 0) is 0 Å². The molecule has 0 N–H and O–H groups in total. The van der Waals surface area contributed by atoms with Crippen molar-refractivity contribution < 1.29 is 4.42 Å². The third-order valence-corrected chi connectivity index (χ3v) is 4.06. The zero-order valence-corrected chi connectivity index (χ0v) is 12.3. The fourth-order valence-corrected chi connectivity index (χ4v) is 2.63. The van der Waals surface area contributed by atoms with Gasteiger partial charge in [-0.1, -0.05) is 50.2 Å². The lowest BCUT2D eigenvalue weighted by Crippen LogP contribution is -1.90. The first kappa shape index (κ1) is 13.5. The molecule has 104 valence electrons. The maximum Gasteiger partial charge on any atom is 0.212 e. The number of hydrogen-bond donors (Lipinski definition) is 0. The maximum atomic E-state index is 9.36. The van der Waals surface area contributed by atoms with Gasteiger partial charge in [-0.05, 0) is 35.6 Å².